The van der Waals surface area contributed by atoms with Crippen molar-refractivity contribution in [3.8, 4) is 5.75 Å². The fourth-order valence-corrected chi connectivity index (χ4v) is 4.35. The van der Waals surface area contributed by atoms with Gasteiger partial charge in [-0.1, -0.05) is 34.1 Å². The number of para-hydroxylation sites is 1. The molecule has 0 aliphatic rings. The van der Waals surface area contributed by atoms with Crippen LogP contribution in [0.3, 0.4) is 0 Å². The molecule has 2 rings (SSSR count). The van der Waals surface area contributed by atoms with Crippen molar-refractivity contribution in [2.75, 3.05) is 0 Å². The lowest BCUT2D eigenvalue weighted by atomic mass is 10.2. The molecule has 0 bridgehead atoms. The minimum atomic E-state index is -3.65. The van der Waals surface area contributed by atoms with Crippen LogP contribution in [0, 0.1) is 0 Å². The minimum absolute atomic E-state index is 0.0253. The van der Waals surface area contributed by atoms with Crippen LogP contribution in [0.1, 0.15) is 5.56 Å². The van der Waals surface area contributed by atoms with Crippen molar-refractivity contribution in [2.45, 2.75) is 11.4 Å². The molecule has 4 nitrogen and oxygen atoms in total. The van der Waals surface area contributed by atoms with Crippen molar-refractivity contribution < 1.29 is 13.5 Å². The zero-order chi connectivity index (χ0) is 14.8. The van der Waals surface area contributed by atoms with Crippen LogP contribution in [-0.4, -0.2) is 13.5 Å². The first-order valence-electron chi connectivity index (χ1n) is 5.62. The number of nitrogens with one attached hydrogen (secondary N) is 1. The standard InChI is InChI=1S/C13H11Br2NO3S/c14-10-5-6-13(11(15)7-10)20(18,19)16-8-9-3-1-2-4-12(9)17/h1-7,16-17H,8H2. The second-order valence-electron chi connectivity index (χ2n) is 4.03. The average molecular weight is 421 g/mol. The lowest BCUT2D eigenvalue weighted by Crippen LogP contribution is -2.23. The zero-order valence-electron chi connectivity index (χ0n) is 10.2. The fourth-order valence-electron chi connectivity index (χ4n) is 1.60. The lowest BCUT2D eigenvalue weighted by molar-refractivity contribution is 0.467. The Kier molecular flexibility index (Phi) is 4.85. The molecule has 7 heteroatoms. The topological polar surface area (TPSA) is 66.4 Å². The van der Waals surface area contributed by atoms with E-state index in [4.69, 9.17) is 0 Å². The number of aromatic hydroxyl groups is 1. The van der Waals surface area contributed by atoms with Gasteiger partial charge < -0.3 is 5.11 Å². The number of sulfonamides is 1. The highest BCUT2D eigenvalue weighted by Crippen LogP contribution is 2.26. The summed E-state index contributed by atoms with van der Waals surface area (Å²) in [5.41, 5.74) is 0.518. The number of phenols is 1. The molecule has 2 aromatic carbocycles. The van der Waals surface area contributed by atoms with Gasteiger partial charge in [0.05, 0.1) is 4.90 Å². The Labute approximate surface area is 134 Å². The Bertz CT molecular complexity index is 732. The SMILES string of the molecule is O=S(=O)(NCc1ccccc1O)c1ccc(Br)cc1Br. The zero-order valence-corrected chi connectivity index (χ0v) is 14.2. The number of halogens is 2. The van der Waals surface area contributed by atoms with Crippen LogP contribution in [0.4, 0.5) is 0 Å². The molecule has 0 amide bonds. The molecule has 0 heterocycles. The summed E-state index contributed by atoms with van der Waals surface area (Å²) in [5.74, 6) is 0.0603. The monoisotopic (exact) mass is 419 g/mol. The molecule has 0 radical (unpaired) electrons. The van der Waals surface area contributed by atoms with E-state index in [1.807, 2.05) is 0 Å². The highest BCUT2D eigenvalue weighted by molar-refractivity contribution is 9.11. The summed E-state index contributed by atoms with van der Waals surface area (Å²) >= 11 is 6.50. The highest BCUT2D eigenvalue weighted by Gasteiger charge is 2.17. The molecule has 0 saturated carbocycles. The summed E-state index contributed by atoms with van der Waals surface area (Å²) in [4.78, 5) is 0.149. The molecule has 0 fully saturated rings. The van der Waals surface area contributed by atoms with Gasteiger partial charge in [-0.15, -0.1) is 0 Å². The van der Waals surface area contributed by atoms with E-state index in [0.717, 1.165) is 4.47 Å². The number of hydrogen-bond donors (Lipinski definition) is 2. The quantitative estimate of drug-likeness (QED) is 0.796. The van der Waals surface area contributed by atoms with Crippen LogP contribution in [-0.2, 0) is 16.6 Å². The predicted molar refractivity (Wildman–Crippen MR) is 84.0 cm³/mol. The van der Waals surface area contributed by atoms with Gasteiger partial charge in [0.2, 0.25) is 10.0 Å². The van der Waals surface area contributed by atoms with Gasteiger partial charge in [0, 0.05) is 21.1 Å². The van der Waals surface area contributed by atoms with Gasteiger partial charge in [0.15, 0.2) is 0 Å². The van der Waals surface area contributed by atoms with Crippen molar-refractivity contribution in [2.24, 2.45) is 0 Å². The summed E-state index contributed by atoms with van der Waals surface area (Å²) in [7, 11) is -3.65. The Morgan fingerprint density at radius 1 is 1.10 bits per heavy atom. The van der Waals surface area contributed by atoms with Crippen LogP contribution in [0.15, 0.2) is 56.3 Å². The molecule has 0 atom stereocenters. The van der Waals surface area contributed by atoms with E-state index in [1.165, 1.54) is 12.1 Å². The normalized spacial score (nSPS) is 11.5. The van der Waals surface area contributed by atoms with Crippen molar-refractivity contribution in [1.82, 2.24) is 4.72 Å². The second kappa shape index (κ2) is 6.26. The third-order valence-electron chi connectivity index (χ3n) is 2.63. The molecule has 0 unspecified atom stereocenters. The summed E-state index contributed by atoms with van der Waals surface area (Å²) in [6, 6.07) is 11.4. The van der Waals surface area contributed by atoms with E-state index in [1.54, 1.807) is 30.3 Å². The van der Waals surface area contributed by atoms with Gasteiger partial charge in [-0.3, -0.25) is 0 Å². The Hall–Kier alpha value is -0.890. The van der Waals surface area contributed by atoms with E-state index in [2.05, 4.69) is 36.6 Å². The molecule has 0 aromatic heterocycles. The predicted octanol–water partition coefficient (Wildman–Crippen LogP) is 3.40. The molecule has 0 saturated heterocycles. The number of benzene rings is 2. The molecule has 0 spiro atoms. The van der Waals surface area contributed by atoms with Gasteiger partial charge >= 0.3 is 0 Å². The fraction of sp³-hybridized carbons (Fsp3) is 0.0769. The Morgan fingerprint density at radius 2 is 1.80 bits per heavy atom. The number of phenolic OH excluding ortho intramolecular Hbond substituents is 1. The average Bonchev–Trinajstić information content (AvgIpc) is 2.37. The Morgan fingerprint density at radius 3 is 2.45 bits per heavy atom. The first-order chi connectivity index (χ1) is 9.40. The Balaban J connectivity index is 2.22. The number of rotatable bonds is 4. The molecule has 0 aliphatic carbocycles. The summed E-state index contributed by atoms with van der Waals surface area (Å²) in [6.07, 6.45) is 0. The third-order valence-corrected chi connectivity index (χ3v) is 5.50. The molecule has 20 heavy (non-hydrogen) atoms. The van der Waals surface area contributed by atoms with Crippen LogP contribution < -0.4 is 4.72 Å². The second-order valence-corrected chi connectivity index (χ2v) is 7.53. The third kappa shape index (κ3) is 3.60. The highest BCUT2D eigenvalue weighted by atomic mass is 79.9. The van der Waals surface area contributed by atoms with E-state index >= 15 is 0 Å². The van der Waals surface area contributed by atoms with E-state index in [9.17, 15) is 13.5 Å². The van der Waals surface area contributed by atoms with E-state index in [-0.39, 0.29) is 17.2 Å². The first kappa shape index (κ1) is 15.5. The van der Waals surface area contributed by atoms with E-state index in [0.29, 0.717) is 10.0 Å². The molecule has 106 valence electrons. The van der Waals surface area contributed by atoms with Crippen molar-refractivity contribution >= 4 is 41.9 Å². The van der Waals surface area contributed by atoms with Crippen LogP contribution >= 0.6 is 31.9 Å². The largest absolute Gasteiger partial charge is 0.508 e. The lowest BCUT2D eigenvalue weighted by Gasteiger charge is -2.09. The van der Waals surface area contributed by atoms with Gasteiger partial charge in [0.1, 0.15) is 5.75 Å². The van der Waals surface area contributed by atoms with Crippen LogP contribution in [0.2, 0.25) is 0 Å². The molecule has 2 N–H and O–H groups in total. The molecule has 0 aliphatic heterocycles. The van der Waals surface area contributed by atoms with Crippen LogP contribution in [0.5, 0.6) is 5.75 Å². The van der Waals surface area contributed by atoms with Gasteiger partial charge in [-0.05, 0) is 40.2 Å². The molecular weight excluding hydrogens is 410 g/mol. The summed E-state index contributed by atoms with van der Waals surface area (Å²) in [5, 5.41) is 9.62. The van der Waals surface area contributed by atoms with Crippen molar-refractivity contribution in [1.29, 1.82) is 0 Å². The maximum Gasteiger partial charge on any atom is 0.241 e. The maximum absolute atomic E-state index is 12.2. The number of hydrogen-bond acceptors (Lipinski definition) is 3. The van der Waals surface area contributed by atoms with Gasteiger partial charge in [0.25, 0.3) is 0 Å². The summed E-state index contributed by atoms with van der Waals surface area (Å²) < 4.78 is 28.1. The summed E-state index contributed by atoms with van der Waals surface area (Å²) in [6.45, 7) is 0.0253. The van der Waals surface area contributed by atoms with Gasteiger partial charge in [-0.2, -0.15) is 0 Å². The molecule has 2 aromatic rings. The minimum Gasteiger partial charge on any atom is -0.508 e. The van der Waals surface area contributed by atoms with E-state index < -0.39 is 10.0 Å². The molecular formula is C13H11Br2NO3S. The van der Waals surface area contributed by atoms with Crippen molar-refractivity contribution in [3.05, 3.63) is 57.0 Å². The smallest absolute Gasteiger partial charge is 0.241 e. The maximum atomic E-state index is 12.2. The van der Waals surface area contributed by atoms with Crippen molar-refractivity contribution in [3.63, 3.8) is 0 Å². The van der Waals surface area contributed by atoms with Gasteiger partial charge in [-0.25, -0.2) is 13.1 Å². The first-order valence-corrected chi connectivity index (χ1v) is 8.68. The van der Waals surface area contributed by atoms with Crippen LogP contribution in [0.25, 0.3) is 0 Å².